The van der Waals surface area contributed by atoms with Crippen molar-refractivity contribution in [3.8, 4) is 34.4 Å². The Bertz CT molecular complexity index is 3490. The Hall–Kier alpha value is -8.70. The summed E-state index contributed by atoms with van der Waals surface area (Å²) in [6.45, 7) is 0. The van der Waals surface area contributed by atoms with Crippen molar-refractivity contribution in [3.63, 3.8) is 0 Å². The van der Waals surface area contributed by atoms with Gasteiger partial charge < -0.3 is 9.80 Å². The van der Waals surface area contributed by atoms with E-state index in [0.717, 1.165) is 83.5 Å². The van der Waals surface area contributed by atoms with Crippen LogP contribution in [0.2, 0.25) is 0 Å². The molecule has 8 aromatic rings. The molecule has 0 bridgehead atoms. The molecule has 0 radical (unpaired) electrons. The topological polar surface area (TPSA) is 54.1 Å². The van der Waals surface area contributed by atoms with Gasteiger partial charge in [-0.2, -0.15) is 10.5 Å². The Morgan fingerprint density at radius 3 is 1.83 bits per heavy atom. The van der Waals surface area contributed by atoms with Gasteiger partial charge in [-0.25, -0.2) is 0 Å². The minimum atomic E-state index is -0.00481. The molecule has 0 saturated heterocycles. The lowest BCUT2D eigenvalue weighted by molar-refractivity contribution is 0.665. The first-order valence-electron chi connectivity index (χ1n) is 24.6. The van der Waals surface area contributed by atoms with Gasteiger partial charge in [0.15, 0.2) is 0 Å². The van der Waals surface area contributed by atoms with Crippen molar-refractivity contribution in [2.45, 2.75) is 50.5 Å². The molecule has 0 aliphatic heterocycles. The number of aryl methyl sites for hydroxylation is 1. The number of benzene rings is 8. The molecule has 4 aliphatic rings. The largest absolute Gasteiger partial charge is 0.334 e. The maximum atomic E-state index is 9.94. The van der Waals surface area contributed by atoms with Crippen molar-refractivity contribution in [1.82, 2.24) is 0 Å². The van der Waals surface area contributed by atoms with E-state index in [0.29, 0.717) is 11.1 Å². The molecule has 0 heterocycles. The summed E-state index contributed by atoms with van der Waals surface area (Å²) in [7, 11) is 0. The highest BCUT2D eigenvalue weighted by molar-refractivity contribution is 6.04. The van der Waals surface area contributed by atoms with Crippen LogP contribution in [0.1, 0.15) is 77.4 Å². The average Bonchev–Trinajstić information content (AvgIpc) is 3.44. The van der Waals surface area contributed by atoms with Crippen molar-refractivity contribution in [1.29, 1.82) is 10.5 Å². The third-order valence-corrected chi connectivity index (χ3v) is 14.8. The lowest BCUT2D eigenvalue weighted by Crippen LogP contribution is -2.31. The Morgan fingerprint density at radius 1 is 0.543 bits per heavy atom. The zero-order chi connectivity index (χ0) is 47.0. The first-order valence-corrected chi connectivity index (χ1v) is 24.6. The minimum absolute atomic E-state index is 0.00481. The molecule has 2 unspecified atom stereocenters. The van der Waals surface area contributed by atoms with Crippen molar-refractivity contribution in [2.24, 2.45) is 0 Å². The molecule has 334 valence electrons. The van der Waals surface area contributed by atoms with E-state index < -0.39 is 0 Å². The van der Waals surface area contributed by atoms with E-state index >= 15 is 0 Å². The van der Waals surface area contributed by atoms with Crippen LogP contribution < -0.4 is 9.80 Å². The fourth-order valence-electron chi connectivity index (χ4n) is 11.4. The maximum Gasteiger partial charge on any atom is 0.0991 e. The van der Waals surface area contributed by atoms with E-state index in [9.17, 15) is 10.5 Å². The first-order chi connectivity index (χ1) is 34.6. The van der Waals surface area contributed by atoms with E-state index in [4.69, 9.17) is 0 Å². The van der Waals surface area contributed by atoms with Gasteiger partial charge >= 0.3 is 0 Å². The molecule has 0 fully saturated rings. The summed E-state index contributed by atoms with van der Waals surface area (Å²) < 4.78 is 0. The molecule has 0 spiro atoms. The van der Waals surface area contributed by atoms with Crippen LogP contribution in [0, 0.1) is 22.7 Å². The lowest BCUT2D eigenvalue weighted by atomic mass is 9.75. The monoisotopic (exact) mass is 898 g/mol. The van der Waals surface area contributed by atoms with Crippen LogP contribution >= 0.6 is 0 Å². The Kier molecular flexibility index (Phi) is 11.2. The van der Waals surface area contributed by atoms with E-state index in [1.54, 1.807) is 0 Å². The van der Waals surface area contributed by atoms with Gasteiger partial charge in [0.25, 0.3) is 0 Å². The van der Waals surface area contributed by atoms with Crippen LogP contribution in [0.3, 0.4) is 0 Å². The summed E-state index contributed by atoms with van der Waals surface area (Å²) in [6, 6.07) is 69.5. The first kappa shape index (κ1) is 42.6. The summed E-state index contributed by atoms with van der Waals surface area (Å²) in [6.07, 6.45) is 20.0. The van der Waals surface area contributed by atoms with E-state index in [2.05, 4.69) is 216 Å². The van der Waals surface area contributed by atoms with E-state index in [-0.39, 0.29) is 12.0 Å². The SMILES string of the molecule is N#Cc1ccc(N(c2cc(-c3ccccc3)cc(-c3ccccc3)c2)c2ccc3ccc4c5c3c2CCC5=CCC4N(C2=CC(c3ccccc3)CC(C3=CC=CCC3)=C2)c2ccc(C#N)cc2)cc1. The molecule has 8 aromatic carbocycles. The van der Waals surface area contributed by atoms with Gasteiger partial charge in [0.05, 0.1) is 29.3 Å². The smallest absolute Gasteiger partial charge is 0.0991 e. The molecule has 70 heavy (non-hydrogen) atoms. The predicted molar refractivity (Wildman–Crippen MR) is 288 cm³/mol. The fraction of sp³-hybridized carbons (Fsp3) is 0.121. The molecule has 0 saturated carbocycles. The second kappa shape index (κ2) is 18.4. The fourth-order valence-corrected chi connectivity index (χ4v) is 11.4. The van der Waals surface area contributed by atoms with Gasteiger partial charge in [0.2, 0.25) is 0 Å². The molecule has 12 rings (SSSR count). The molecule has 4 nitrogen and oxygen atoms in total. The van der Waals surface area contributed by atoms with E-state index in [1.165, 1.54) is 55.4 Å². The molecule has 0 aromatic heterocycles. The minimum Gasteiger partial charge on any atom is -0.334 e. The molecule has 4 aliphatic carbocycles. The van der Waals surface area contributed by atoms with Gasteiger partial charge in [-0.05, 0) is 189 Å². The standard InChI is InChI=1S/C66H50N4/c67-43-45-21-29-57(30-22-45)69(59-39-53(47-13-5-1-6-14-47)37-54(40-59)48-15-7-2-8-16-48)63-35-27-51-26-34-62-64(36-28-52-25-33-61(63)65(51)66(52)62)70(58-31-23-46(44-68)24-32-58)60-41-55(49-17-9-3-10-18-49)38-56(42-60)50-19-11-4-12-20-50/h1-11,13-19,21-24,26-32,34-35,37,39-42,55,64H,12,20,25,33,36,38H2. The number of hydrogen-bond donors (Lipinski definition) is 0. The third kappa shape index (κ3) is 7.94. The quantitative estimate of drug-likeness (QED) is 0.137. The summed E-state index contributed by atoms with van der Waals surface area (Å²) in [5, 5.41) is 22.4. The van der Waals surface area contributed by atoms with E-state index in [1.807, 2.05) is 24.3 Å². The van der Waals surface area contributed by atoms with Crippen LogP contribution in [-0.2, 0) is 6.42 Å². The summed E-state index contributed by atoms with van der Waals surface area (Å²) in [5.74, 6) is 0.207. The van der Waals surface area contributed by atoms with Crippen LogP contribution in [0.4, 0.5) is 22.7 Å². The molecular weight excluding hydrogens is 849 g/mol. The zero-order valence-electron chi connectivity index (χ0n) is 39.0. The number of allylic oxidation sites excluding steroid dienone is 8. The maximum absolute atomic E-state index is 9.94. The van der Waals surface area contributed by atoms with Crippen molar-refractivity contribution >= 4 is 39.1 Å². The van der Waals surface area contributed by atoms with Crippen LogP contribution in [0.5, 0.6) is 0 Å². The second-order valence-corrected chi connectivity index (χ2v) is 18.8. The lowest BCUT2D eigenvalue weighted by Gasteiger charge is -2.41. The highest BCUT2D eigenvalue weighted by Gasteiger charge is 2.35. The van der Waals surface area contributed by atoms with Crippen molar-refractivity contribution in [3.05, 3.63) is 269 Å². The molecule has 2 atom stereocenters. The molecule has 0 amide bonds. The number of rotatable bonds is 10. The number of anilines is 4. The highest BCUT2D eigenvalue weighted by atomic mass is 15.2. The average molecular weight is 899 g/mol. The van der Waals surface area contributed by atoms with Crippen LogP contribution in [-0.4, -0.2) is 0 Å². The number of nitrogens with zero attached hydrogens (tertiary/aromatic N) is 4. The van der Waals surface area contributed by atoms with Crippen LogP contribution in [0.25, 0.3) is 38.6 Å². The van der Waals surface area contributed by atoms with Gasteiger partial charge in [0.1, 0.15) is 0 Å². The Balaban J connectivity index is 1.06. The zero-order valence-corrected chi connectivity index (χ0v) is 39.0. The molecular formula is C66H50N4. The van der Waals surface area contributed by atoms with Gasteiger partial charge in [-0.15, -0.1) is 0 Å². The van der Waals surface area contributed by atoms with Gasteiger partial charge in [0, 0.05) is 34.4 Å². The van der Waals surface area contributed by atoms with Crippen molar-refractivity contribution in [2.75, 3.05) is 9.80 Å². The van der Waals surface area contributed by atoms with Gasteiger partial charge in [-0.3, -0.25) is 0 Å². The molecule has 4 heteroatoms. The van der Waals surface area contributed by atoms with Crippen LogP contribution in [0.15, 0.2) is 235 Å². The second-order valence-electron chi connectivity index (χ2n) is 18.8. The molecule has 0 N–H and O–H groups in total. The Labute approximate surface area is 411 Å². The summed E-state index contributed by atoms with van der Waals surface area (Å²) in [4.78, 5) is 4.99. The Morgan fingerprint density at radius 2 is 1.19 bits per heavy atom. The summed E-state index contributed by atoms with van der Waals surface area (Å²) in [5.41, 5.74) is 20.9. The number of nitriles is 2. The highest BCUT2D eigenvalue weighted by Crippen LogP contribution is 2.52. The summed E-state index contributed by atoms with van der Waals surface area (Å²) >= 11 is 0. The third-order valence-electron chi connectivity index (χ3n) is 14.8. The number of hydrogen-bond acceptors (Lipinski definition) is 4. The van der Waals surface area contributed by atoms with Crippen molar-refractivity contribution < 1.29 is 0 Å². The van der Waals surface area contributed by atoms with Gasteiger partial charge in [-0.1, -0.05) is 140 Å². The predicted octanol–water partition coefficient (Wildman–Crippen LogP) is 16.9. The normalized spacial score (nSPS) is 16.8.